The second-order valence-electron chi connectivity index (χ2n) is 5.95. The number of carbonyl (C=O) groups excluding carboxylic acids is 1. The average molecular weight is 258 g/mol. The molecule has 3 nitrogen and oxygen atoms in total. The molecule has 1 amide bonds. The van der Waals surface area contributed by atoms with Gasteiger partial charge in [-0.25, -0.2) is 0 Å². The number of rotatable bonds is 1. The number of hydrogen-bond acceptors (Lipinski definition) is 2. The SMILES string of the molecule is CC1CCCN(C(=O)C2Cc3ccccc3N2)C1C. The first-order chi connectivity index (χ1) is 9.16. The highest BCUT2D eigenvalue weighted by atomic mass is 16.2. The normalized spacial score (nSPS) is 29.8. The van der Waals surface area contributed by atoms with Crippen molar-refractivity contribution in [3.63, 3.8) is 0 Å². The molecule has 3 unspecified atom stereocenters. The highest BCUT2D eigenvalue weighted by Crippen LogP contribution is 2.29. The Kier molecular flexibility index (Phi) is 3.21. The Bertz CT molecular complexity index is 460. The van der Waals surface area contributed by atoms with E-state index in [1.165, 1.54) is 12.0 Å². The Morgan fingerprint density at radius 3 is 2.89 bits per heavy atom. The zero-order valence-electron chi connectivity index (χ0n) is 11.7. The second-order valence-corrected chi connectivity index (χ2v) is 5.95. The smallest absolute Gasteiger partial charge is 0.245 e. The summed E-state index contributed by atoms with van der Waals surface area (Å²) in [5.74, 6) is 0.886. The molecular weight excluding hydrogens is 236 g/mol. The standard InChI is InChI=1S/C16H22N2O/c1-11-6-5-9-18(12(11)2)16(19)15-10-13-7-3-4-8-14(13)17-15/h3-4,7-8,11-12,15,17H,5-6,9-10H2,1-2H3. The summed E-state index contributed by atoms with van der Waals surface area (Å²) >= 11 is 0. The van der Waals surface area contributed by atoms with Crippen molar-refractivity contribution in [1.82, 2.24) is 4.90 Å². The van der Waals surface area contributed by atoms with E-state index in [9.17, 15) is 4.79 Å². The molecule has 3 heteroatoms. The number of nitrogens with zero attached hydrogens (tertiary/aromatic N) is 1. The van der Waals surface area contributed by atoms with Crippen LogP contribution in [0.5, 0.6) is 0 Å². The number of nitrogens with one attached hydrogen (secondary N) is 1. The van der Waals surface area contributed by atoms with Crippen molar-refractivity contribution in [1.29, 1.82) is 0 Å². The van der Waals surface area contributed by atoms with Gasteiger partial charge in [0, 0.05) is 24.7 Å². The number of piperidine rings is 1. The summed E-state index contributed by atoms with van der Waals surface area (Å²) in [5.41, 5.74) is 2.39. The third-order valence-corrected chi connectivity index (χ3v) is 4.73. The first-order valence-electron chi connectivity index (χ1n) is 7.31. The summed E-state index contributed by atoms with van der Waals surface area (Å²) < 4.78 is 0. The van der Waals surface area contributed by atoms with Crippen LogP contribution in [0.3, 0.4) is 0 Å². The van der Waals surface area contributed by atoms with Gasteiger partial charge in [-0.1, -0.05) is 25.1 Å². The number of para-hydroxylation sites is 1. The molecule has 0 radical (unpaired) electrons. The Morgan fingerprint density at radius 1 is 1.32 bits per heavy atom. The topological polar surface area (TPSA) is 32.3 Å². The number of fused-ring (bicyclic) bond motifs is 1. The predicted octanol–water partition coefficient (Wildman–Crippen LogP) is 2.67. The van der Waals surface area contributed by atoms with Gasteiger partial charge in [-0.05, 0) is 37.3 Å². The fourth-order valence-electron chi connectivity index (χ4n) is 3.29. The molecule has 19 heavy (non-hydrogen) atoms. The third kappa shape index (κ3) is 2.22. The molecule has 0 aromatic heterocycles. The summed E-state index contributed by atoms with van der Waals surface area (Å²) in [4.78, 5) is 14.8. The summed E-state index contributed by atoms with van der Waals surface area (Å²) in [7, 11) is 0. The minimum absolute atomic E-state index is 0.0647. The van der Waals surface area contributed by atoms with Crippen LogP contribution in [-0.2, 0) is 11.2 Å². The lowest BCUT2D eigenvalue weighted by molar-refractivity contribution is -0.136. The van der Waals surface area contributed by atoms with E-state index < -0.39 is 0 Å². The number of anilines is 1. The largest absolute Gasteiger partial charge is 0.373 e. The number of hydrogen-bond donors (Lipinski definition) is 1. The number of benzene rings is 1. The maximum absolute atomic E-state index is 12.7. The lowest BCUT2D eigenvalue weighted by Gasteiger charge is -2.39. The average Bonchev–Trinajstić information content (AvgIpc) is 2.85. The van der Waals surface area contributed by atoms with E-state index in [0.717, 1.165) is 25.1 Å². The third-order valence-electron chi connectivity index (χ3n) is 4.73. The summed E-state index contributed by atoms with van der Waals surface area (Å²) in [6, 6.07) is 8.53. The van der Waals surface area contributed by atoms with Crippen LogP contribution in [0.1, 0.15) is 32.3 Å². The van der Waals surface area contributed by atoms with Gasteiger partial charge < -0.3 is 10.2 Å². The van der Waals surface area contributed by atoms with Gasteiger partial charge in [0.05, 0.1) is 0 Å². The molecule has 0 spiro atoms. The highest BCUT2D eigenvalue weighted by molar-refractivity contribution is 5.87. The zero-order chi connectivity index (χ0) is 13.4. The molecule has 2 heterocycles. The van der Waals surface area contributed by atoms with Crippen molar-refractivity contribution in [2.75, 3.05) is 11.9 Å². The van der Waals surface area contributed by atoms with E-state index in [1.807, 2.05) is 12.1 Å². The van der Waals surface area contributed by atoms with Crippen LogP contribution in [0.4, 0.5) is 5.69 Å². The molecule has 3 atom stereocenters. The zero-order valence-corrected chi connectivity index (χ0v) is 11.7. The van der Waals surface area contributed by atoms with Crippen LogP contribution >= 0.6 is 0 Å². The van der Waals surface area contributed by atoms with E-state index >= 15 is 0 Å². The van der Waals surface area contributed by atoms with Crippen LogP contribution in [0, 0.1) is 5.92 Å². The van der Waals surface area contributed by atoms with Crippen molar-refractivity contribution in [2.45, 2.75) is 45.2 Å². The quantitative estimate of drug-likeness (QED) is 0.840. The second kappa shape index (κ2) is 4.87. The summed E-state index contributed by atoms with van der Waals surface area (Å²) in [6.45, 7) is 5.35. The van der Waals surface area contributed by atoms with E-state index in [1.54, 1.807) is 0 Å². The van der Waals surface area contributed by atoms with Crippen LogP contribution in [0.2, 0.25) is 0 Å². The predicted molar refractivity (Wildman–Crippen MR) is 77.1 cm³/mol. The molecular formula is C16H22N2O. The summed E-state index contributed by atoms with van der Waals surface area (Å²) in [6.07, 6.45) is 3.20. The minimum Gasteiger partial charge on any atom is -0.373 e. The van der Waals surface area contributed by atoms with Gasteiger partial charge in [0.2, 0.25) is 5.91 Å². The Hall–Kier alpha value is -1.51. The molecule has 2 aliphatic heterocycles. The van der Waals surface area contributed by atoms with Gasteiger partial charge in [0.25, 0.3) is 0 Å². The van der Waals surface area contributed by atoms with Crippen molar-refractivity contribution >= 4 is 11.6 Å². The van der Waals surface area contributed by atoms with E-state index in [4.69, 9.17) is 0 Å². The maximum Gasteiger partial charge on any atom is 0.245 e. The fourth-order valence-corrected chi connectivity index (χ4v) is 3.29. The van der Waals surface area contributed by atoms with E-state index in [0.29, 0.717) is 12.0 Å². The van der Waals surface area contributed by atoms with Crippen molar-refractivity contribution in [3.05, 3.63) is 29.8 Å². The van der Waals surface area contributed by atoms with Crippen LogP contribution in [0.15, 0.2) is 24.3 Å². The Balaban J connectivity index is 1.72. The van der Waals surface area contributed by atoms with Crippen molar-refractivity contribution in [2.24, 2.45) is 5.92 Å². The van der Waals surface area contributed by atoms with Gasteiger partial charge in [-0.2, -0.15) is 0 Å². The molecule has 1 aromatic rings. The van der Waals surface area contributed by atoms with E-state index in [2.05, 4.69) is 36.2 Å². The molecule has 1 aromatic carbocycles. The van der Waals surface area contributed by atoms with Crippen LogP contribution in [0.25, 0.3) is 0 Å². The number of likely N-dealkylation sites (tertiary alicyclic amines) is 1. The molecule has 1 N–H and O–H groups in total. The molecule has 1 saturated heterocycles. The number of carbonyl (C=O) groups is 1. The summed E-state index contributed by atoms with van der Waals surface area (Å²) in [5, 5.41) is 3.38. The molecule has 0 saturated carbocycles. The van der Waals surface area contributed by atoms with Crippen LogP contribution < -0.4 is 5.32 Å². The first kappa shape index (κ1) is 12.5. The molecule has 3 rings (SSSR count). The first-order valence-corrected chi connectivity index (χ1v) is 7.31. The van der Waals surface area contributed by atoms with Crippen LogP contribution in [-0.4, -0.2) is 29.4 Å². The van der Waals surface area contributed by atoms with Gasteiger partial charge in [-0.15, -0.1) is 0 Å². The van der Waals surface area contributed by atoms with E-state index in [-0.39, 0.29) is 11.9 Å². The lowest BCUT2D eigenvalue weighted by Crippen LogP contribution is -2.51. The van der Waals surface area contributed by atoms with Crippen molar-refractivity contribution in [3.8, 4) is 0 Å². The van der Waals surface area contributed by atoms with Gasteiger partial charge in [0.1, 0.15) is 6.04 Å². The lowest BCUT2D eigenvalue weighted by atomic mass is 9.91. The molecule has 2 aliphatic rings. The minimum atomic E-state index is -0.0647. The maximum atomic E-state index is 12.7. The molecule has 0 bridgehead atoms. The Labute approximate surface area is 115 Å². The van der Waals surface area contributed by atoms with Crippen molar-refractivity contribution < 1.29 is 4.79 Å². The van der Waals surface area contributed by atoms with Gasteiger partial charge in [0.15, 0.2) is 0 Å². The molecule has 0 aliphatic carbocycles. The molecule has 1 fully saturated rings. The Morgan fingerprint density at radius 2 is 2.11 bits per heavy atom. The van der Waals surface area contributed by atoms with Gasteiger partial charge >= 0.3 is 0 Å². The number of amides is 1. The highest BCUT2D eigenvalue weighted by Gasteiger charge is 2.35. The molecule has 102 valence electrons. The fraction of sp³-hybridized carbons (Fsp3) is 0.562. The monoisotopic (exact) mass is 258 g/mol. The van der Waals surface area contributed by atoms with Gasteiger partial charge in [-0.3, -0.25) is 4.79 Å².